The van der Waals surface area contributed by atoms with Gasteiger partial charge in [0.2, 0.25) is 5.13 Å². The third-order valence-electron chi connectivity index (χ3n) is 4.97. The average Bonchev–Trinajstić information content (AvgIpc) is 3.25. The highest BCUT2D eigenvalue weighted by Crippen LogP contribution is 2.23. The van der Waals surface area contributed by atoms with Crippen LogP contribution < -0.4 is 10.3 Å². The van der Waals surface area contributed by atoms with Crippen LogP contribution in [-0.4, -0.2) is 66.5 Å². The largest absolute Gasteiger partial charge is 0.466 e. The lowest BCUT2D eigenvalue weighted by Crippen LogP contribution is -2.50. The first-order valence-corrected chi connectivity index (χ1v) is 12.2. The van der Waals surface area contributed by atoms with E-state index in [1.54, 1.807) is 29.5 Å². The van der Waals surface area contributed by atoms with Gasteiger partial charge in [-0.3, -0.25) is 10.2 Å². The number of nitrogens with one attached hydrogen (secondary N) is 1. The van der Waals surface area contributed by atoms with Crippen molar-refractivity contribution in [2.75, 3.05) is 43.1 Å². The minimum absolute atomic E-state index is 0.120. The van der Waals surface area contributed by atoms with Gasteiger partial charge >= 0.3 is 12.1 Å². The Morgan fingerprint density at radius 2 is 2.03 bits per heavy atom. The number of anilines is 2. The van der Waals surface area contributed by atoms with Crippen LogP contribution in [0.4, 0.5) is 15.6 Å². The van der Waals surface area contributed by atoms with E-state index in [0.717, 1.165) is 11.3 Å². The van der Waals surface area contributed by atoms with E-state index in [1.807, 2.05) is 32.9 Å². The van der Waals surface area contributed by atoms with Crippen molar-refractivity contribution in [3.63, 3.8) is 0 Å². The number of esters is 1. The van der Waals surface area contributed by atoms with E-state index in [9.17, 15) is 14.9 Å². The monoisotopic (exact) mass is 498 g/mol. The summed E-state index contributed by atoms with van der Waals surface area (Å²) in [5.41, 5.74) is 5.05. The minimum Gasteiger partial charge on any atom is -0.466 e. The zero-order valence-corrected chi connectivity index (χ0v) is 21.2. The fraction of sp³-hybridized carbons (Fsp3) is 0.458. The summed E-state index contributed by atoms with van der Waals surface area (Å²) in [6, 6.07) is 7.81. The molecule has 1 saturated heterocycles. The van der Waals surface area contributed by atoms with Crippen molar-refractivity contribution in [3.05, 3.63) is 40.4 Å². The molecule has 10 nitrogen and oxygen atoms in total. The number of hydrogen-bond acceptors (Lipinski definition) is 10. The second kappa shape index (κ2) is 11.7. The van der Waals surface area contributed by atoms with Gasteiger partial charge in [0.1, 0.15) is 11.7 Å². The Balaban J connectivity index is 1.57. The molecule has 0 saturated carbocycles. The fourth-order valence-corrected chi connectivity index (χ4v) is 4.08. The second-order valence-electron chi connectivity index (χ2n) is 8.84. The molecule has 0 unspecified atom stereocenters. The van der Waals surface area contributed by atoms with Gasteiger partial charge in [-0.15, -0.1) is 11.3 Å². The quantitative estimate of drug-likeness (QED) is 0.349. The van der Waals surface area contributed by atoms with Crippen molar-refractivity contribution in [2.45, 2.75) is 39.7 Å². The van der Waals surface area contributed by atoms with Gasteiger partial charge in [-0.2, -0.15) is 10.4 Å². The molecular weight excluding hydrogens is 468 g/mol. The van der Waals surface area contributed by atoms with E-state index in [2.05, 4.69) is 26.5 Å². The SMILES string of the molecule is CCOC(=O)Cc1csc(NN=Cc2ccc(N3CCN(C(=O)OC(C)(C)C)CC3)c(C#N)c2)n1. The van der Waals surface area contributed by atoms with Crippen LogP contribution in [-0.2, 0) is 20.7 Å². The summed E-state index contributed by atoms with van der Waals surface area (Å²) in [5, 5.41) is 16.2. The zero-order valence-electron chi connectivity index (χ0n) is 20.4. The summed E-state index contributed by atoms with van der Waals surface area (Å²) in [5.74, 6) is -0.316. The predicted octanol–water partition coefficient (Wildman–Crippen LogP) is 3.62. The molecule has 35 heavy (non-hydrogen) atoms. The molecule has 1 aliphatic rings. The molecule has 0 radical (unpaired) electrons. The number of piperazine rings is 1. The Morgan fingerprint density at radius 3 is 2.69 bits per heavy atom. The topological polar surface area (TPSA) is 120 Å². The second-order valence-corrected chi connectivity index (χ2v) is 9.70. The number of aromatic nitrogens is 1. The summed E-state index contributed by atoms with van der Waals surface area (Å²) in [6.45, 7) is 9.92. The van der Waals surface area contributed by atoms with Gasteiger partial charge in [0.05, 0.1) is 36.2 Å². The molecule has 0 aliphatic carbocycles. The molecule has 11 heteroatoms. The molecule has 186 valence electrons. The molecule has 1 fully saturated rings. The Kier molecular flexibility index (Phi) is 8.65. The van der Waals surface area contributed by atoms with Gasteiger partial charge in [-0.05, 0) is 45.4 Å². The summed E-state index contributed by atoms with van der Waals surface area (Å²) in [6.07, 6.45) is 1.41. The average molecular weight is 499 g/mol. The number of nitriles is 1. The third kappa shape index (κ3) is 7.68. The maximum Gasteiger partial charge on any atom is 0.410 e. The summed E-state index contributed by atoms with van der Waals surface area (Å²) in [4.78, 5) is 31.9. The highest BCUT2D eigenvalue weighted by atomic mass is 32.1. The molecule has 3 rings (SSSR count). The molecule has 1 aromatic carbocycles. The van der Waals surface area contributed by atoms with Crippen molar-refractivity contribution in [1.82, 2.24) is 9.88 Å². The van der Waals surface area contributed by atoms with Gasteiger partial charge in [-0.25, -0.2) is 9.78 Å². The first-order chi connectivity index (χ1) is 16.7. The lowest BCUT2D eigenvalue weighted by atomic mass is 10.1. The van der Waals surface area contributed by atoms with Gasteiger partial charge in [0.15, 0.2) is 0 Å². The Bertz CT molecular complexity index is 1110. The van der Waals surface area contributed by atoms with Crippen LogP contribution in [0, 0.1) is 11.3 Å². The summed E-state index contributed by atoms with van der Waals surface area (Å²) >= 11 is 1.34. The van der Waals surface area contributed by atoms with Crippen LogP contribution in [0.5, 0.6) is 0 Å². The Labute approximate surface area is 209 Å². The number of thiazole rings is 1. The number of hydrogen-bond donors (Lipinski definition) is 1. The molecule has 1 aliphatic heterocycles. The number of rotatable bonds is 7. The minimum atomic E-state index is -0.529. The predicted molar refractivity (Wildman–Crippen MR) is 135 cm³/mol. The van der Waals surface area contributed by atoms with E-state index in [0.29, 0.717) is 49.2 Å². The zero-order chi connectivity index (χ0) is 25.4. The first-order valence-electron chi connectivity index (χ1n) is 11.3. The fourth-order valence-electron chi connectivity index (χ4n) is 3.42. The summed E-state index contributed by atoms with van der Waals surface area (Å²) in [7, 11) is 0. The van der Waals surface area contributed by atoms with E-state index < -0.39 is 5.60 Å². The number of benzene rings is 1. The number of carbonyl (C=O) groups excluding carboxylic acids is 2. The maximum atomic E-state index is 12.3. The van der Waals surface area contributed by atoms with E-state index in [1.165, 1.54) is 11.3 Å². The van der Waals surface area contributed by atoms with E-state index in [4.69, 9.17) is 9.47 Å². The van der Waals surface area contributed by atoms with Crippen molar-refractivity contribution in [2.24, 2.45) is 5.10 Å². The van der Waals surface area contributed by atoms with Crippen LogP contribution in [0.2, 0.25) is 0 Å². The van der Waals surface area contributed by atoms with Crippen LogP contribution in [0.25, 0.3) is 0 Å². The number of hydrazone groups is 1. The van der Waals surface area contributed by atoms with Crippen LogP contribution >= 0.6 is 11.3 Å². The summed E-state index contributed by atoms with van der Waals surface area (Å²) < 4.78 is 10.4. The van der Waals surface area contributed by atoms with Crippen molar-refractivity contribution in [3.8, 4) is 6.07 Å². The lowest BCUT2D eigenvalue weighted by molar-refractivity contribution is -0.142. The van der Waals surface area contributed by atoms with E-state index in [-0.39, 0.29) is 18.5 Å². The van der Waals surface area contributed by atoms with Crippen LogP contribution in [0.3, 0.4) is 0 Å². The molecule has 1 amide bonds. The molecule has 2 aromatic rings. The number of ether oxygens (including phenoxy) is 2. The normalized spacial score (nSPS) is 14.0. The lowest BCUT2D eigenvalue weighted by Gasteiger charge is -2.37. The van der Waals surface area contributed by atoms with Crippen molar-refractivity contribution >= 4 is 40.4 Å². The van der Waals surface area contributed by atoms with Gasteiger partial charge in [0, 0.05) is 31.6 Å². The molecule has 0 spiro atoms. The highest BCUT2D eigenvalue weighted by molar-refractivity contribution is 7.13. The molecule has 0 bridgehead atoms. The maximum absolute atomic E-state index is 12.3. The molecular formula is C24H30N6O4S. The smallest absolute Gasteiger partial charge is 0.410 e. The Morgan fingerprint density at radius 1 is 1.29 bits per heavy atom. The van der Waals surface area contributed by atoms with Gasteiger partial charge in [0.25, 0.3) is 0 Å². The molecule has 0 atom stereocenters. The number of nitrogens with zero attached hydrogens (tertiary/aromatic N) is 5. The third-order valence-corrected chi connectivity index (χ3v) is 5.77. The highest BCUT2D eigenvalue weighted by Gasteiger charge is 2.26. The van der Waals surface area contributed by atoms with Crippen molar-refractivity contribution in [1.29, 1.82) is 5.26 Å². The van der Waals surface area contributed by atoms with E-state index >= 15 is 0 Å². The number of amides is 1. The van der Waals surface area contributed by atoms with Crippen LogP contribution in [0.1, 0.15) is 44.5 Å². The Hall–Kier alpha value is -3.65. The number of carbonyl (C=O) groups is 2. The molecule has 1 aromatic heterocycles. The van der Waals surface area contributed by atoms with Crippen molar-refractivity contribution < 1.29 is 19.1 Å². The standard InChI is InChI=1S/C24H30N6O4S/c1-5-33-21(31)13-19-16-35-22(27-19)28-26-15-17-6-7-20(18(12-17)14-25)29-8-10-30(11-9-29)23(32)34-24(2,3)4/h6-7,12,15-16H,5,8-11,13H2,1-4H3,(H,27,28). The van der Waals surface area contributed by atoms with Gasteiger partial charge < -0.3 is 19.3 Å². The van der Waals surface area contributed by atoms with Crippen LogP contribution in [0.15, 0.2) is 28.7 Å². The molecule has 1 N–H and O–H groups in total. The van der Waals surface area contributed by atoms with Gasteiger partial charge in [-0.1, -0.05) is 6.07 Å². The molecule has 2 heterocycles. The first kappa shape index (κ1) is 26.0.